The Bertz CT molecular complexity index is 2190. The third kappa shape index (κ3) is 11.0. The van der Waals surface area contributed by atoms with Crippen molar-refractivity contribution in [2.24, 2.45) is 0 Å². The summed E-state index contributed by atoms with van der Waals surface area (Å²) in [4.78, 5) is 12.8. The fourth-order valence-corrected chi connectivity index (χ4v) is 8.35. The summed E-state index contributed by atoms with van der Waals surface area (Å²) in [5.74, 6) is -2.94. The standard InChI is InChI=1S/C39H47ClF2N2O8S2/c1-27-28(2)37(42)38-35(36(27)41)39(3,21-9-12-24-53(47,48)49)33(44(38)23-10-5-8-16-34(45)46)15-7-4-6-14-31-20-18-29-17-19-30(40)26-32(29)43(31)22-11-13-25-54(50,51)52/h4,6-7,14-15,17-20,26H,5,8-13,16,21-25H2,1-3H3,(H2-,45,46,47,48,49,50,51,52). The van der Waals surface area contributed by atoms with E-state index >= 15 is 8.78 Å². The van der Waals surface area contributed by atoms with Gasteiger partial charge in [0.15, 0.2) is 5.82 Å². The van der Waals surface area contributed by atoms with E-state index in [1.807, 2.05) is 34.9 Å². The molecule has 0 fully saturated rings. The van der Waals surface area contributed by atoms with Crippen LogP contribution >= 0.6 is 11.6 Å². The molecule has 4 rings (SSSR count). The Morgan fingerprint density at radius 1 is 0.926 bits per heavy atom. The molecule has 0 radical (unpaired) electrons. The van der Waals surface area contributed by atoms with Crippen LogP contribution in [0.25, 0.3) is 17.0 Å². The third-order valence-corrected chi connectivity index (χ3v) is 11.8. The molecule has 1 unspecified atom stereocenters. The fraction of sp³-hybridized carbons (Fsp3) is 0.436. The number of pyridine rings is 1. The van der Waals surface area contributed by atoms with Crippen molar-refractivity contribution in [1.29, 1.82) is 0 Å². The monoisotopic (exact) mass is 808 g/mol. The highest BCUT2D eigenvalue weighted by atomic mass is 35.5. The first-order valence-electron chi connectivity index (χ1n) is 17.9. The SMILES string of the molecule is Cc1c(C)c(F)c2c(c1F)N(CCCCCC(=O)O)/C(=C/C=C/C=C/c1ccc3ccc(Cl)cc3[n+]1CCCCS(=O)(=O)[O-])C2(C)CCCCS(=O)(=O)O. The lowest BCUT2D eigenvalue weighted by Gasteiger charge is -2.30. The molecule has 294 valence electrons. The third-order valence-electron chi connectivity index (χ3n) is 9.96. The number of unbranched alkanes of at least 4 members (excludes halogenated alkanes) is 4. The first-order valence-corrected chi connectivity index (χ1v) is 21.4. The van der Waals surface area contributed by atoms with Crippen LogP contribution in [0.2, 0.25) is 5.02 Å². The molecule has 0 aliphatic carbocycles. The molecule has 0 saturated heterocycles. The maximum absolute atomic E-state index is 16.3. The van der Waals surface area contributed by atoms with Crippen molar-refractivity contribution in [3.05, 3.63) is 99.4 Å². The number of carboxylic acid groups (broad SMARTS) is 1. The van der Waals surface area contributed by atoms with Gasteiger partial charge in [-0.15, -0.1) is 0 Å². The van der Waals surface area contributed by atoms with Crippen LogP contribution in [-0.2, 0) is 37.0 Å². The normalized spacial score (nSPS) is 17.1. The zero-order valence-corrected chi connectivity index (χ0v) is 33.0. The first-order chi connectivity index (χ1) is 25.3. The maximum atomic E-state index is 16.3. The van der Waals surface area contributed by atoms with Crippen LogP contribution in [0.5, 0.6) is 0 Å². The Kier molecular flexibility index (Phi) is 14.6. The lowest BCUT2D eigenvalue weighted by molar-refractivity contribution is -0.673. The quantitative estimate of drug-likeness (QED) is 0.0532. The van der Waals surface area contributed by atoms with Crippen LogP contribution in [0.4, 0.5) is 14.5 Å². The van der Waals surface area contributed by atoms with Gasteiger partial charge in [0.2, 0.25) is 11.2 Å². The number of hydrogen-bond acceptors (Lipinski definition) is 7. The molecule has 2 heterocycles. The largest absolute Gasteiger partial charge is 0.748 e. The summed E-state index contributed by atoms with van der Waals surface area (Å²) in [6.45, 7) is 5.56. The number of carboxylic acids is 1. The van der Waals surface area contributed by atoms with Gasteiger partial charge in [-0.2, -0.15) is 13.0 Å². The molecule has 2 aromatic carbocycles. The van der Waals surface area contributed by atoms with E-state index in [4.69, 9.17) is 16.7 Å². The highest BCUT2D eigenvalue weighted by Crippen LogP contribution is 2.54. The molecule has 0 spiro atoms. The van der Waals surface area contributed by atoms with Gasteiger partial charge in [0, 0.05) is 70.4 Å². The predicted molar refractivity (Wildman–Crippen MR) is 206 cm³/mol. The van der Waals surface area contributed by atoms with E-state index in [0.717, 1.165) is 16.6 Å². The summed E-state index contributed by atoms with van der Waals surface area (Å²) in [7, 11) is -8.55. The number of anilines is 1. The number of nitrogens with zero attached hydrogens (tertiary/aromatic N) is 2. The van der Waals surface area contributed by atoms with Gasteiger partial charge in [-0.1, -0.05) is 42.7 Å². The second-order valence-electron chi connectivity index (χ2n) is 13.9. The molecule has 10 nitrogen and oxygen atoms in total. The Hall–Kier alpha value is -3.69. The van der Waals surface area contributed by atoms with Gasteiger partial charge in [-0.3, -0.25) is 9.35 Å². The molecule has 1 aliphatic heterocycles. The van der Waals surface area contributed by atoms with E-state index in [2.05, 4.69) is 0 Å². The van der Waals surface area contributed by atoms with Gasteiger partial charge < -0.3 is 14.6 Å². The number of hydrogen-bond donors (Lipinski definition) is 2. The van der Waals surface area contributed by atoms with Gasteiger partial charge in [0.25, 0.3) is 10.1 Å². The van der Waals surface area contributed by atoms with E-state index in [-0.39, 0.29) is 54.6 Å². The van der Waals surface area contributed by atoms with Crippen LogP contribution in [-0.4, -0.2) is 55.1 Å². The van der Waals surface area contributed by atoms with Crippen LogP contribution in [0.1, 0.15) is 87.1 Å². The van der Waals surface area contributed by atoms with Gasteiger partial charge >= 0.3 is 5.97 Å². The molecule has 3 aromatic rings. The highest BCUT2D eigenvalue weighted by molar-refractivity contribution is 7.85. The molecule has 0 amide bonds. The lowest BCUT2D eigenvalue weighted by Crippen LogP contribution is -2.38. The summed E-state index contributed by atoms with van der Waals surface area (Å²) in [6, 6.07) is 9.30. The topological polar surface area (TPSA) is 156 Å². The Balaban J connectivity index is 1.73. The van der Waals surface area contributed by atoms with Crippen molar-refractivity contribution in [2.75, 3.05) is 23.0 Å². The predicted octanol–water partition coefficient (Wildman–Crippen LogP) is 7.94. The minimum atomic E-state index is -4.34. The number of aromatic nitrogens is 1. The van der Waals surface area contributed by atoms with E-state index in [0.29, 0.717) is 49.4 Å². The smallest absolute Gasteiger partial charge is 0.303 e. The van der Waals surface area contributed by atoms with E-state index in [1.54, 1.807) is 42.2 Å². The number of halogens is 3. The highest BCUT2D eigenvalue weighted by Gasteiger charge is 2.47. The second-order valence-corrected chi connectivity index (χ2v) is 17.4. The number of allylic oxidation sites excluding steroid dienone is 5. The lowest BCUT2D eigenvalue weighted by atomic mass is 9.76. The van der Waals surface area contributed by atoms with Crippen molar-refractivity contribution < 1.29 is 49.2 Å². The van der Waals surface area contributed by atoms with E-state index in [9.17, 15) is 30.7 Å². The minimum Gasteiger partial charge on any atom is -0.748 e. The van der Waals surface area contributed by atoms with Gasteiger partial charge in [-0.05, 0) is 88.3 Å². The second kappa shape index (κ2) is 18.3. The molecular formula is C39H47ClF2N2O8S2. The van der Waals surface area contributed by atoms with Crippen molar-refractivity contribution in [3.8, 4) is 0 Å². The molecule has 1 aromatic heterocycles. The Morgan fingerprint density at radius 2 is 1.61 bits per heavy atom. The summed E-state index contributed by atoms with van der Waals surface area (Å²) in [6.07, 6.45) is 11.7. The number of carbonyl (C=O) groups is 1. The van der Waals surface area contributed by atoms with Crippen molar-refractivity contribution in [3.63, 3.8) is 0 Å². The average molecular weight is 809 g/mol. The average Bonchev–Trinajstić information content (AvgIpc) is 3.33. The number of rotatable bonds is 19. The van der Waals surface area contributed by atoms with Crippen molar-refractivity contribution >= 4 is 60.5 Å². The Morgan fingerprint density at radius 3 is 2.30 bits per heavy atom. The molecule has 1 aliphatic rings. The fourth-order valence-electron chi connectivity index (χ4n) is 7.06. The summed E-state index contributed by atoms with van der Waals surface area (Å²) in [5, 5.41) is 10.5. The van der Waals surface area contributed by atoms with Crippen LogP contribution in [0.3, 0.4) is 0 Å². The Labute approximate surface area is 321 Å². The molecule has 0 saturated carbocycles. The molecule has 0 bridgehead atoms. The molecule has 54 heavy (non-hydrogen) atoms. The van der Waals surface area contributed by atoms with Gasteiger partial charge in [0.1, 0.15) is 12.4 Å². The van der Waals surface area contributed by atoms with Crippen LogP contribution in [0, 0.1) is 25.5 Å². The number of benzene rings is 2. The molecular weight excluding hydrogens is 762 g/mol. The molecule has 1 atom stereocenters. The number of fused-ring (bicyclic) bond motifs is 2. The summed E-state index contributed by atoms with van der Waals surface area (Å²) < 4.78 is 100. The minimum absolute atomic E-state index is 0.00652. The number of aryl methyl sites for hydroxylation is 1. The molecule has 2 N–H and O–H groups in total. The van der Waals surface area contributed by atoms with Crippen molar-refractivity contribution in [2.45, 2.75) is 90.5 Å². The summed E-state index contributed by atoms with van der Waals surface area (Å²) in [5.41, 5.74) is 1.76. The van der Waals surface area contributed by atoms with E-state index < -0.39 is 54.8 Å². The number of aliphatic carboxylic acids is 1. The van der Waals surface area contributed by atoms with Crippen LogP contribution < -0.4 is 9.47 Å². The zero-order valence-electron chi connectivity index (χ0n) is 30.7. The van der Waals surface area contributed by atoms with Crippen LogP contribution in [0.15, 0.2) is 60.3 Å². The zero-order chi connectivity index (χ0) is 39.8. The van der Waals surface area contributed by atoms with Crippen molar-refractivity contribution in [1.82, 2.24) is 0 Å². The van der Waals surface area contributed by atoms with E-state index in [1.165, 1.54) is 13.8 Å². The van der Waals surface area contributed by atoms with Gasteiger partial charge in [-0.25, -0.2) is 17.2 Å². The molecule has 15 heteroatoms. The van der Waals surface area contributed by atoms with Gasteiger partial charge in [0.05, 0.1) is 21.6 Å². The summed E-state index contributed by atoms with van der Waals surface area (Å²) >= 11 is 6.31. The maximum Gasteiger partial charge on any atom is 0.303 e. The first kappa shape index (κ1) is 43.0.